The lowest BCUT2D eigenvalue weighted by Crippen LogP contribution is -2.14. The molecule has 0 atom stereocenters. The predicted octanol–water partition coefficient (Wildman–Crippen LogP) is 4.22. The third-order valence-corrected chi connectivity index (χ3v) is 3.92. The van der Waals surface area contributed by atoms with Crippen LogP contribution in [0.15, 0.2) is 48.0 Å². The third-order valence-electron chi connectivity index (χ3n) is 3.92. The quantitative estimate of drug-likeness (QED) is 0.769. The molecule has 0 amide bonds. The highest BCUT2D eigenvalue weighted by molar-refractivity contribution is 6.13. The van der Waals surface area contributed by atoms with Crippen molar-refractivity contribution >= 4 is 11.9 Å². The first-order valence-corrected chi connectivity index (χ1v) is 7.16. The van der Waals surface area contributed by atoms with E-state index in [0.29, 0.717) is 0 Å². The van der Waals surface area contributed by atoms with Crippen molar-refractivity contribution in [1.82, 2.24) is 0 Å². The van der Waals surface area contributed by atoms with Gasteiger partial charge in [-0.1, -0.05) is 29.8 Å². The number of ether oxygens (including phenoxy) is 1. The summed E-state index contributed by atoms with van der Waals surface area (Å²) in [6.45, 7) is 2.02. The Hall–Kier alpha value is -2.35. The van der Waals surface area contributed by atoms with E-state index >= 15 is 0 Å². The van der Waals surface area contributed by atoms with Crippen molar-refractivity contribution < 1.29 is 9.53 Å². The maximum atomic E-state index is 12.6. The summed E-state index contributed by atoms with van der Waals surface area (Å²) in [4.78, 5) is 12.6. The number of hydrogen-bond acceptors (Lipinski definition) is 2. The number of carbonyl (C=O) groups excluding carboxylic acids is 1. The number of fused-ring (bicyclic) bond motifs is 1. The molecule has 2 aromatic carbocycles. The second-order valence-corrected chi connectivity index (χ2v) is 5.43. The molecule has 21 heavy (non-hydrogen) atoms. The summed E-state index contributed by atoms with van der Waals surface area (Å²) in [6.07, 6.45) is 3.73. The summed E-state index contributed by atoms with van der Waals surface area (Å²) in [5.74, 6) is 0.990. The van der Waals surface area contributed by atoms with E-state index in [4.69, 9.17) is 4.74 Å². The number of aryl methyl sites for hydroxylation is 2. The van der Waals surface area contributed by atoms with Crippen LogP contribution in [-0.2, 0) is 6.42 Å². The van der Waals surface area contributed by atoms with Crippen molar-refractivity contribution in [3.05, 3.63) is 70.3 Å². The second kappa shape index (κ2) is 5.57. The van der Waals surface area contributed by atoms with Crippen LogP contribution >= 0.6 is 0 Å². The van der Waals surface area contributed by atoms with Gasteiger partial charge < -0.3 is 4.74 Å². The fourth-order valence-corrected chi connectivity index (χ4v) is 2.71. The molecule has 0 saturated carbocycles. The van der Waals surface area contributed by atoms with Gasteiger partial charge in [-0.05, 0) is 55.2 Å². The minimum Gasteiger partial charge on any atom is -0.497 e. The molecular weight excluding hydrogens is 260 g/mol. The smallest absolute Gasteiger partial charge is 0.189 e. The molecule has 0 aliphatic heterocycles. The van der Waals surface area contributed by atoms with Crippen LogP contribution in [-0.4, -0.2) is 12.9 Å². The van der Waals surface area contributed by atoms with Crippen LogP contribution < -0.4 is 4.74 Å². The molecular formula is C19H18O2. The normalized spacial score (nSPS) is 15.9. The van der Waals surface area contributed by atoms with Crippen molar-refractivity contribution in [1.29, 1.82) is 0 Å². The Morgan fingerprint density at radius 2 is 1.81 bits per heavy atom. The van der Waals surface area contributed by atoms with Gasteiger partial charge in [0.2, 0.25) is 0 Å². The first kappa shape index (κ1) is 13.6. The number of allylic oxidation sites excluding steroid dienone is 1. The molecule has 1 aliphatic carbocycles. The van der Waals surface area contributed by atoms with Gasteiger partial charge in [-0.2, -0.15) is 0 Å². The van der Waals surface area contributed by atoms with Crippen molar-refractivity contribution in [3.63, 3.8) is 0 Å². The van der Waals surface area contributed by atoms with E-state index in [1.54, 1.807) is 7.11 Å². The van der Waals surface area contributed by atoms with Crippen LogP contribution in [0, 0.1) is 6.92 Å². The monoisotopic (exact) mass is 278 g/mol. The molecule has 0 fully saturated rings. The zero-order valence-electron chi connectivity index (χ0n) is 12.3. The average Bonchev–Trinajstić information content (AvgIpc) is 2.51. The number of hydrogen-bond donors (Lipinski definition) is 0. The van der Waals surface area contributed by atoms with E-state index in [0.717, 1.165) is 46.4 Å². The Morgan fingerprint density at radius 1 is 1.05 bits per heavy atom. The molecule has 0 saturated heterocycles. The highest BCUT2D eigenvalue weighted by Crippen LogP contribution is 2.27. The van der Waals surface area contributed by atoms with Crippen LogP contribution in [0.3, 0.4) is 0 Å². The van der Waals surface area contributed by atoms with Crippen LogP contribution in [0.5, 0.6) is 5.75 Å². The first-order valence-electron chi connectivity index (χ1n) is 7.16. The van der Waals surface area contributed by atoms with Crippen molar-refractivity contribution in [2.75, 3.05) is 7.11 Å². The number of carbonyl (C=O) groups is 1. The molecule has 0 N–H and O–H groups in total. The summed E-state index contributed by atoms with van der Waals surface area (Å²) in [7, 11) is 1.65. The van der Waals surface area contributed by atoms with E-state index in [2.05, 4.69) is 12.1 Å². The SMILES string of the molecule is COc1ccc(/C=C2\CCc3ccc(C)cc3C2=O)cc1. The van der Waals surface area contributed by atoms with Gasteiger partial charge >= 0.3 is 0 Å². The minimum absolute atomic E-state index is 0.163. The Balaban J connectivity index is 1.93. The van der Waals surface area contributed by atoms with Gasteiger partial charge in [-0.3, -0.25) is 4.79 Å². The summed E-state index contributed by atoms with van der Waals surface area (Å²) in [6, 6.07) is 13.9. The molecule has 2 nitrogen and oxygen atoms in total. The van der Waals surface area contributed by atoms with Crippen molar-refractivity contribution in [3.8, 4) is 5.75 Å². The van der Waals surface area contributed by atoms with Gasteiger partial charge in [0, 0.05) is 11.1 Å². The Kier molecular flexibility index (Phi) is 3.61. The Labute approximate surface area is 125 Å². The Bertz CT molecular complexity index is 709. The number of rotatable bonds is 2. The van der Waals surface area contributed by atoms with Crippen molar-refractivity contribution in [2.45, 2.75) is 19.8 Å². The summed E-state index contributed by atoms with van der Waals surface area (Å²) >= 11 is 0. The molecule has 0 unspecified atom stereocenters. The van der Waals surface area contributed by atoms with E-state index in [9.17, 15) is 4.79 Å². The van der Waals surface area contributed by atoms with Crippen LogP contribution in [0.4, 0.5) is 0 Å². The molecule has 1 aliphatic rings. The van der Waals surface area contributed by atoms with Gasteiger partial charge in [0.15, 0.2) is 5.78 Å². The molecule has 106 valence electrons. The lowest BCUT2D eigenvalue weighted by atomic mass is 9.85. The minimum atomic E-state index is 0.163. The number of benzene rings is 2. The molecule has 0 bridgehead atoms. The molecule has 0 aromatic heterocycles. The van der Waals surface area contributed by atoms with E-state index in [1.807, 2.05) is 43.3 Å². The fraction of sp³-hybridized carbons (Fsp3) is 0.211. The summed E-state index contributed by atoms with van der Waals surface area (Å²) in [5.41, 5.74) is 5.08. The first-order chi connectivity index (χ1) is 10.2. The van der Waals surface area contributed by atoms with E-state index in [1.165, 1.54) is 0 Å². The highest BCUT2D eigenvalue weighted by atomic mass is 16.5. The van der Waals surface area contributed by atoms with Gasteiger partial charge in [0.25, 0.3) is 0 Å². The van der Waals surface area contributed by atoms with Crippen LogP contribution in [0.2, 0.25) is 0 Å². The molecule has 0 spiro atoms. The zero-order chi connectivity index (χ0) is 14.8. The van der Waals surface area contributed by atoms with E-state index < -0.39 is 0 Å². The largest absolute Gasteiger partial charge is 0.497 e. The third kappa shape index (κ3) is 2.75. The standard InChI is InChI=1S/C19H18O2/c1-13-3-6-15-7-8-16(19(20)18(15)11-13)12-14-4-9-17(21-2)10-5-14/h3-6,9-12H,7-8H2,1-2H3/b16-12+. The highest BCUT2D eigenvalue weighted by Gasteiger charge is 2.21. The number of ketones is 1. The predicted molar refractivity (Wildman–Crippen MR) is 84.8 cm³/mol. The maximum Gasteiger partial charge on any atom is 0.189 e. The van der Waals surface area contributed by atoms with Crippen molar-refractivity contribution in [2.24, 2.45) is 0 Å². The lowest BCUT2D eigenvalue weighted by Gasteiger charge is -2.18. The van der Waals surface area contributed by atoms with Gasteiger partial charge in [0.1, 0.15) is 5.75 Å². The number of Topliss-reactive ketones (excluding diaryl/α,β-unsaturated/α-hetero) is 1. The topological polar surface area (TPSA) is 26.3 Å². The zero-order valence-corrected chi connectivity index (χ0v) is 12.3. The van der Waals surface area contributed by atoms with Crippen LogP contribution in [0.1, 0.15) is 33.5 Å². The summed E-state index contributed by atoms with van der Waals surface area (Å²) in [5, 5.41) is 0. The average molecular weight is 278 g/mol. The number of methoxy groups -OCH3 is 1. The van der Waals surface area contributed by atoms with Crippen LogP contribution in [0.25, 0.3) is 6.08 Å². The summed E-state index contributed by atoms with van der Waals surface area (Å²) < 4.78 is 5.15. The molecule has 2 heteroatoms. The Morgan fingerprint density at radius 3 is 2.52 bits per heavy atom. The van der Waals surface area contributed by atoms with Gasteiger partial charge in [-0.15, -0.1) is 0 Å². The second-order valence-electron chi connectivity index (χ2n) is 5.43. The fourth-order valence-electron chi connectivity index (χ4n) is 2.71. The maximum absolute atomic E-state index is 12.6. The van der Waals surface area contributed by atoms with Gasteiger partial charge in [-0.25, -0.2) is 0 Å². The molecule has 2 aromatic rings. The van der Waals surface area contributed by atoms with Gasteiger partial charge in [0.05, 0.1) is 7.11 Å². The van der Waals surface area contributed by atoms with E-state index in [-0.39, 0.29) is 5.78 Å². The molecule has 0 radical (unpaired) electrons. The lowest BCUT2D eigenvalue weighted by molar-refractivity contribution is 0.102. The molecule has 0 heterocycles. The molecule has 3 rings (SSSR count).